The van der Waals surface area contributed by atoms with Crippen LogP contribution in [0.2, 0.25) is 15.1 Å². The highest BCUT2D eigenvalue weighted by atomic mass is 35.5. The summed E-state index contributed by atoms with van der Waals surface area (Å²) in [5.74, 6) is -1.67. The first-order valence-corrected chi connectivity index (χ1v) is 15.4. The van der Waals surface area contributed by atoms with Crippen LogP contribution in [0.15, 0.2) is 36.4 Å². The Morgan fingerprint density at radius 2 is 1.74 bits per heavy atom. The third-order valence-corrected chi connectivity index (χ3v) is 8.58. The van der Waals surface area contributed by atoms with E-state index in [1.807, 2.05) is 0 Å². The molecule has 0 unspecified atom stereocenters. The summed E-state index contributed by atoms with van der Waals surface area (Å²) in [5, 5.41) is 3.50. The summed E-state index contributed by atoms with van der Waals surface area (Å²) in [5.41, 5.74) is 0.570. The predicted octanol–water partition coefficient (Wildman–Crippen LogP) is 5.81. The fraction of sp³-hybridized carbons (Fsp3) is 0.462. The van der Waals surface area contributed by atoms with Crippen LogP contribution in [0.4, 0.5) is 10.1 Å². The standard InChI is InChI=1S/C26H31Cl3FN3O4S/c1-3-24(26(35)31-19-7-5-4-6-8-19)32(15-17-9-10-18(27)13-21(17)28)25(34)16-33(38(2,36)37)20-11-12-23(30)22(29)14-20/h9-14,19,24H,3-8,15-16H2,1-2H3,(H,31,35)/t24-/m1/s1. The van der Waals surface area contributed by atoms with Gasteiger partial charge in [-0.3, -0.25) is 13.9 Å². The number of nitrogens with one attached hydrogen (secondary N) is 1. The van der Waals surface area contributed by atoms with Crippen molar-refractivity contribution in [1.82, 2.24) is 10.2 Å². The molecule has 2 aromatic rings. The highest BCUT2D eigenvalue weighted by Gasteiger charge is 2.33. The molecule has 0 aliphatic heterocycles. The molecule has 1 N–H and O–H groups in total. The summed E-state index contributed by atoms with van der Waals surface area (Å²) in [6.07, 6.45) is 6.13. The maximum absolute atomic E-state index is 13.8. The number of halogens is 4. The van der Waals surface area contributed by atoms with Crippen molar-refractivity contribution in [3.05, 3.63) is 62.8 Å². The molecule has 208 valence electrons. The number of amides is 2. The zero-order chi connectivity index (χ0) is 28.0. The first kappa shape index (κ1) is 30.5. The second-order valence-electron chi connectivity index (χ2n) is 9.39. The van der Waals surface area contributed by atoms with Crippen LogP contribution in [-0.4, -0.2) is 50.0 Å². The Labute approximate surface area is 238 Å². The summed E-state index contributed by atoms with van der Waals surface area (Å²) < 4.78 is 39.9. The molecule has 12 heteroatoms. The van der Waals surface area contributed by atoms with Crippen molar-refractivity contribution in [2.24, 2.45) is 0 Å². The highest BCUT2D eigenvalue weighted by Crippen LogP contribution is 2.27. The van der Waals surface area contributed by atoms with Gasteiger partial charge in [0.15, 0.2) is 0 Å². The lowest BCUT2D eigenvalue weighted by molar-refractivity contribution is -0.140. The maximum Gasteiger partial charge on any atom is 0.244 e. The van der Waals surface area contributed by atoms with Gasteiger partial charge in [0.1, 0.15) is 18.4 Å². The van der Waals surface area contributed by atoms with Gasteiger partial charge in [0.2, 0.25) is 21.8 Å². The fourth-order valence-electron chi connectivity index (χ4n) is 4.55. The molecular formula is C26H31Cl3FN3O4S. The topological polar surface area (TPSA) is 86.8 Å². The second-order valence-corrected chi connectivity index (χ2v) is 12.6. The lowest BCUT2D eigenvalue weighted by atomic mass is 9.95. The molecule has 0 saturated heterocycles. The lowest BCUT2D eigenvalue weighted by Gasteiger charge is -2.34. The lowest BCUT2D eigenvalue weighted by Crippen LogP contribution is -2.54. The second kappa shape index (κ2) is 13.3. The van der Waals surface area contributed by atoms with Crippen molar-refractivity contribution in [3.63, 3.8) is 0 Å². The number of benzene rings is 2. The van der Waals surface area contributed by atoms with E-state index in [1.165, 1.54) is 17.0 Å². The Hall–Kier alpha value is -2.07. The van der Waals surface area contributed by atoms with Crippen LogP contribution in [0, 0.1) is 5.82 Å². The number of hydrogen-bond acceptors (Lipinski definition) is 4. The summed E-state index contributed by atoms with van der Waals surface area (Å²) in [7, 11) is -3.98. The Morgan fingerprint density at radius 1 is 1.05 bits per heavy atom. The average molecular weight is 607 g/mol. The molecule has 1 fully saturated rings. The Bertz CT molecular complexity index is 1270. The molecule has 0 spiro atoms. The van der Waals surface area contributed by atoms with Gasteiger partial charge in [-0.05, 0) is 55.2 Å². The van der Waals surface area contributed by atoms with Crippen molar-refractivity contribution in [2.75, 3.05) is 17.1 Å². The van der Waals surface area contributed by atoms with E-state index in [0.29, 0.717) is 15.6 Å². The monoisotopic (exact) mass is 605 g/mol. The Morgan fingerprint density at radius 3 is 2.32 bits per heavy atom. The molecule has 0 aromatic heterocycles. The van der Waals surface area contributed by atoms with Crippen molar-refractivity contribution in [2.45, 2.75) is 64.1 Å². The van der Waals surface area contributed by atoms with E-state index in [1.54, 1.807) is 19.1 Å². The third-order valence-electron chi connectivity index (χ3n) is 6.56. The SMILES string of the molecule is CC[C@H](C(=O)NC1CCCCC1)N(Cc1ccc(Cl)cc1Cl)C(=O)CN(c1ccc(F)c(Cl)c1)S(C)(=O)=O. The van der Waals surface area contributed by atoms with Crippen molar-refractivity contribution in [1.29, 1.82) is 0 Å². The summed E-state index contributed by atoms with van der Waals surface area (Å²) in [6.45, 7) is 1.11. The van der Waals surface area contributed by atoms with Crippen LogP contribution in [0.1, 0.15) is 51.0 Å². The van der Waals surface area contributed by atoms with Gasteiger partial charge in [-0.25, -0.2) is 12.8 Å². The molecule has 3 rings (SSSR count). The number of sulfonamides is 1. The van der Waals surface area contributed by atoms with Crippen LogP contribution < -0.4 is 9.62 Å². The van der Waals surface area contributed by atoms with Crippen molar-refractivity contribution >= 4 is 62.3 Å². The number of rotatable bonds is 10. The predicted molar refractivity (Wildman–Crippen MR) is 150 cm³/mol. The summed E-state index contributed by atoms with van der Waals surface area (Å²) in [4.78, 5) is 28.5. The number of nitrogens with zero attached hydrogens (tertiary/aromatic N) is 2. The Kier molecular flexibility index (Phi) is 10.7. The summed E-state index contributed by atoms with van der Waals surface area (Å²) in [6, 6.07) is 7.35. The highest BCUT2D eigenvalue weighted by molar-refractivity contribution is 7.92. The quantitative estimate of drug-likeness (QED) is 0.370. The Balaban J connectivity index is 1.95. The van der Waals surface area contributed by atoms with E-state index in [9.17, 15) is 22.4 Å². The van der Waals surface area contributed by atoms with Gasteiger partial charge < -0.3 is 10.2 Å². The van der Waals surface area contributed by atoms with Crippen LogP contribution in [0.5, 0.6) is 0 Å². The smallest absolute Gasteiger partial charge is 0.244 e. The number of anilines is 1. The van der Waals surface area contributed by atoms with Gasteiger partial charge in [-0.2, -0.15) is 0 Å². The normalized spacial score (nSPS) is 15.1. The summed E-state index contributed by atoms with van der Waals surface area (Å²) >= 11 is 18.3. The zero-order valence-corrected chi connectivity index (χ0v) is 24.3. The van der Waals surface area contributed by atoms with Gasteiger partial charge in [0, 0.05) is 22.6 Å². The fourth-order valence-corrected chi connectivity index (χ4v) is 6.04. The van der Waals surface area contributed by atoms with E-state index < -0.39 is 34.3 Å². The van der Waals surface area contributed by atoms with E-state index in [0.717, 1.165) is 54.8 Å². The molecule has 2 aromatic carbocycles. The van der Waals surface area contributed by atoms with E-state index in [4.69, 9.17) is 34.8 Å². The minimum absolute atomic E-state index is 0.0234. The molecular weight excluding hydrogens is 576 g/mol. The van der Waals surface area contributed by atoms with Gasteiger partial charge in [0.05, 0.1) is 17.0 Å². The van der Waals surface area contributed by atoms with Gasteiger partial charge in [-0.15, -0.1) is 0 Å². The molecule has 0 radical (unpaired) electrons. The minimum atomic E-state index is -3.98. The number of carbonyl (C=O) groups excluding carboxylic acids is 2. The maximum atomic E-state index is 13.8. The molecule has 1 saturated carbocycles. The number of carbonyl (C=O) groups is 2. The molecule has 38 heavy (non-hydrogen) atoms. The van der Waals surface area contributed by atoms with Crippen LogP contribution in [-0.2, 0) is 26.2 Å². The average Bonchev–Trinajstić information content (AvgIpc) is 2.85. The zero-order valence-electron chi connectivity index (χ0n) is 21.2. The largest absolute Gasteiger partial charge is 0.352 e. The number of hydrogen-bond donors (Lipinski definition) is 1. The molecule has 0 bridgehead atoms. The van der Waals surface area contributed by atoms with Crippen molar-refractivity contribution < 1.29 is 22.4 Å². The third kappa shape index (κ3) is 7.97. The molecule has 7 nitrogen and oxygen atoms in total. The van der Waals surface area contributed by atoms with Crippen molar-refractivity contribution in [3.8, 4) is 0 Å². The van der Waals surface area contributed by atoms with Gasteiger partial charge in [-0.1, -0.05) is 67.1 Å². The minimum Gasteiger partial charge on any atom is -0.352 e. The van der Waals surface area contributed by atoms with Gasteiger partial charge >= 0.3 is 0 Å². The first-order chi connectivity index (χ1) is 17.9. The molecule has 1 aliphatic carbocycles. The molecule has 1 aliphatic rings. The van der Waals surface area contributed by atoms with E-state index in [2.05, 4.69) is 5.32 Å². The van der Waals surface area contributed by atoms with E-state index >= 15 is 0 Å². The first-order valence-electron chi connectivity index (χ1n) is 12.4. The molecule has 1 atom stereocenters. The molecule has 2 amide bonds. The van der Waals surface area contributed by atoms with Crippen LogP contribution in [0.3, 0.4) is 0 Å². The molecule has 0 heterocycles. The van der Waals surface area contributed by atoms with E-state index in [-0.39, 0.29) is 35.6 Å². The van der Waals surface area contributed by atoms with Crippen LogP contribution >= 0.6 is 34.8 Å². The van der Waals surface area contributed by atoms with Gasteiger partial charge in [0.25, 0.3) is 0 Å². The van der Waals surface area contributed by atoms with Crippen LogP contribution in [0.25, 0.3) is 0 Å².